The molecular weight excluding hydrogens is 294 g/mol. The lowest BCUT2D eigenvalue weighted by atomic mass is 9.88. The van der Waals surface area contributed by atoms with Crippen molar-refractivity contribution >= 4 is 17.5 Å². The standard InChI is InChI=1S/C17H23N3O3/c1-23-15-5-3-2-4-14(15)18-10-16(21)19-20-17(22)13-9-11-6-7-12(13)8-11/h2-5,11-13,18H,6-10H2,1H3,(H,19,21)(H,20,22). The lowest BCUT2D eigenvalue weighted by molar-refractivity contribution is -0.131. The molecule has 0 heterocycles. The summed E-state index contributed by atoms with van der Waals surface area (Å²) in [5.41, 5.74) is 5.79. The van der Waals surface area contributed by atoms with Gasteiger partial charge < -0.3 is 10.1 Å². The number of nitrogens with one attached hydrogen (secondary N) is 3. The summed E-state index contributed by atoms with van der Waals surface area (Å²) >= 11 is 0. The van der Waals surface area contributed by atoms with E-state index < -0.39 is 0 Å². The summed E-state index contributed by atoms with van der Waals surface area (Å²) in [5, 5.41) is 3.00. The van der Waals surface area contributed by atoms with Crippen LogP contribution in [0.1, 0.15) is 25.7 Å². The molecule has 0 radical (unpaired) electrons. The molecule has 3 N–H and O–H groups in total. The minimum absolute atomic E-state index is 0.0529. The van der Waals surface area contributed by atoms with Gasteiger partial charge in [0.25, 0.3) is 5.91 Å². The van der Waals surface area contributed by atoms with Crippen LogP contribution in [0.2, 0.25) is 0 Å². The number of anilines is 1. The molecule has 2 bridgehead atoms. The number of para-hydroxylation sites is 2. The molecule has 23 heavy (non-hydrogen) atoms. The van der Waals surface area contributed by atoms with Crippen molar-refractivity contribution in [2.45, 2.75) is 25.7 Å². The lowest BCUT2D eigenvalue weighted by Crippen LogP contribution is -2.47. The van der Waals surface area contributed by atoms with Gasteiger partial charge in [0.1, 0.15) is 5.75 Å². The number of benzene rings is 1. The van der Waals surface area contributed by atoms with Crippen LogP contribution in [0.3, 0.4) is 0 Å². The molecule has 0 saturated heterocycles. The maximum atomic E-state index is 12.1. The van der Waals surface area contributed by atoms with Crippen molar-refractivity contribution < 1.29 is 14.3 Å². The van der Waals surface area contributed by atoms with E-state index >= 15 is 0 Å². The molecule has 0 aromatic heterocycles. The van der Waals surface area contributed by atoms with E-state index in [1.807, 2.05) is 24.3 Å². The van der Waals surface area contributed by atoms with Gasteiger partial charge in [0.2, 0.25) is 5.91 Å². The summed E-state index contributed by atoms with van der Waals surface area (Å²) in [4.78, 5) is 24.0. The van der Waals surface area contributed by atoms with Crippen LogP contribution in [0.5, 0.6) is 5.75 Å². The van der Waals surface area contributed by atoms with Crippen LogP contribution in [-0.4, -0.2) is 25.5 Å². The van der Waals surface area contributed by atoms with Crippen molar-refractivity contribution in [3.63, 3.8) is 0 Å². The zero-order valence-electron chi connectivity index (χ0n) is 13.3. The number of carbonyl (C=O) groups is 2. The molecule has 2 aliphatic rings. The normalized spacial score (nSPS) is 25.0. The zero-order chi connectivity index (χ0) is 16.2. The van der Waals surface area contributed by atoms with E-state index in [9.17, 15) is 9.59 Å². The largest absolute Gasteiger partial charge is 0.495 e. The molecule has 2 saturated carbocycles. The third-order valence-electron chi connectivity index (χ3n) is 4.95. The third-order valence-corrected chi connectivity index (χ3v) is 4.95. The summed E-state index contributed by atoms with van der Waals surface area (Å²) in [6.45, 7) is 0.0668. The predicted octanol–water partition coefficient (Wildman–Crippen LogP) is 1.69. The number of ether oxygens (including phenoxy) is 1. The molecule has 3 atom stereocenters. The molecule has 1 aromatic rings. The van der Waals surface area contributed by atoms with Crippen LogP contribution in [0.15, 0.2) is 24.3 Å². The fraction of sp³-hybridized carbons (Fsp3) is 0.529. The summed E-state index contributed by atoms with van der Waals surface area (Å²) in [6, 6.07) is 7.37. The van der Waals surface area contributed by atoms with Crippen molar-refractivity contribution in [3.05, 3.63) is 24.3 Å². The Kier molecular flexibility index (Phi) is 4.69. The minimum atomic E-state index is -0.285. The average molecular weight is 317 g/mol. The molecule has 6 nitrogen and oxygen atoms in total. The number of hydrogen-bond acceptors (Lipinski definition) is 4. The molecule has 3 unspecified atom stereocenters. The fourth-order valence-corrected chi connectivity index (χ4v) is 3.80. The molecule has 0 spiro atoms. The second-order valence-corrected chi connectivity index (χ2v) is 6.37. The second kappa shape index (κ2) is 6.89. The Bertz CT molecular complexity index is 590. The quantitative estimate of drug-likeness (QED) is 0.722. The summed E-state index contributed by atoms with van der Waals surface area (Å²) in [7, 11) is 1.58. The number of fused-ring (bicyclic) bond motifs is 2. The monoisotopic (exact) mass is 317 g/mol. The summed E-state index contributed by atoms with van der Waals surface area (Å²) in [5.74, 6) is 1.61. The van der Waals surface area contributed by atoms with Gasteiger partial charge in [-0.1, -0.05) is 18.6 Å². The van der Waals surface area contributed by atoms with Crippen LogP contribution in [0, 0.1) is 17.8 Å². The van der Waals surface area contributed by atoms with Gasteiger partial charge in [0.15, 0.2) is 0 Å². The van der Waals surface area contributed by atoms with Crippen molar-refractivity contribution in [3.8, 4) is 5.75 Å². The highest BCUT2D eigenvalue weighted by Crippen LogP contribution is 2.48. The number of amides is 2. The van der Waals surface area contributed by atoms with E-state index in [0.29, 0.717) is 17.6 Å². The van der Waals surface area contributed by atoms with Gasteiger partial charge >= 0.3 is 0 Å². The number of rotatable bonds is 5. The van der Waals surface area contributed by atoms with Crippen LogP contribution in [0.25, 0.3) is 0 Å². The number of methoxy groups -OCH3 is 1. The van der Waals surface area contributed by atoms with Crippen molar-refractivity contribution in [1.82, 2.24) is 10.9 Å². The Morgan fingerprint density at radius 3 is 2.70 bits per heavy atom. The Hall–Kier alpha value is -2.24. The molecule has 124 valence electrons. The fourth-order valence-electron chi connectivity index (χ4n) is 3.80. The topological polar surface area (TPSA) is 79.5 Å². The van der Waals surface area contributed by atoms with Gasteiger partial charge in [0, 0.05) is 5.92 Å². The van der Waals surface area contributed by atoms with E-state index in [2.05, 4.69) is 16.2 Å². The average Bonchev–Trinajstić information content (AvgIpc) is 3.21. The van der Waals surface area contributed by atoms with Crippen molar-refractivity contribution in [2.24, 2.45) is 17.8 Å². The predicted molar refractivity (Wildman–Crippen MR) is 86.7 cm³/mol. The Morgan fingerprint density at radius 2 is 2.00 bits per heavy atom. The molecule has 3 rings (SSSR count). The van der Waals surface area contributed by atoms with Crippen LogP contribution in [-0.2, 0) is 9.59 Å². The molecule has 2 aliphatic carbocycles. The van der Waals surface area contributed by atoms with Gasteiger partial charge in [-0.05, 0) is 43.2 Å². The molecule has 6 heteroatoms. The first-order valence-electron chi connectivity index (χ1n) is 8.13. The van der Waals surface area contributed by atoms with Gasteiger partial charge in [-0.2, -0.15) is 0 Å². The van der Waals surface area contributed by atoms with Gasteiger partial charge in [-0.25, -0.2) is 0 Å². The lowest BCUT2D eigenvalue weighted by Gasteiger charge is -2.21. The number of carbonyl (C=O) groups excluding carboxylic acids is 2. The van der Waals surface area contributed by atoms with Gasteiger partial charge in [0.05, 0.1) is 19.3 Å². The molecule has 1 aromatic carbocycles. The van der Waals surface area contributed by atoms with E-state index in [0.717, 1.165) is 18.5 Å². The van der Waals surface area contributed by atoms with Gasteiger partial charge in [-0.15, -0.1) is 0 Å². The minimum Gasteiger partial charge on any atom is -0.495 e. The van der Waals surface area contributed by atoms with Crippen LogP contribution >= 0.6 is 0 Å². The molecular formula is C17H23N3O3. The molecule has 0 aliphatic heterocycles. The Labute approximate surface area is 135 Å². The van der Waals surface area contributed by atoms with E-state index in [4.69, 9.17) is 4.74 Å². The van der Waals surface area contributed by atoms with E-state index in [1.165, 1.54) is 12.8 Å². The highest BCUT2D eigenvalue weighted by Gasteiger charge is 2.43. The number of hydrazine groups is 1. The first kappa shape index (κ1) is 15.6. The summed E-state index contributed by atoms with van der Waals surface area (Å²) in [6.07, 6.45) is 4.53. The first-order valence-corrected chi connectivity index (χ1v) is 8.13. The zero-order valence-corrected chi connectivity index (χ0v) is 13.3. The van der Waals surface area contributed by atoms with Gasteiger partial charge in [-0.3, -0.25) is 20.4 Å². The van der Waals surface area contributed by atoms with E-state index in [-0.39, 0.29) is 24.3 Å². The van der Waals surface area contributed by atoms with Crippen molar-refractivity contribution in [1.29, 1.82) is 0 Å². The third kappa shape index (κ3) is 3.57. The summed E-state index contributed by atoms with van der Waals surface area (Å²) < 4.78 is 5.21. The number of hydrogen-bond donors (Lipinski definition) is 3. The maximum absolute atomic E-state index is 12.1. The molecule has 2 amide bonds. The first-order chi connectivity index (χ1) is 11.2. The van der Waals surface area contributed by atoms with Crippen molar-refractivity contribution in [2.75, 3.05) is 19.0 Å². The SMILES string of the molecule is COc1ccccc1NCC(=O)NNC(=O)C1CC2CCC1C2. The van der Waals surface area contributed by atoms with Crippen LogP contribution < -0.4 is 20.9 Å². The maximum Gasteiger partial charge on any atom is 0.257 e. The highest BCUT2D eigenvalue weighted by atomic mass is 16.5. The van der Waals surface area contributed by atoms with Crippen LogP contribution in [0.4, 0.5) is 5.69 Å². The Balaban J connectivity index is 1.42. The molecule has 2 fully saturated rings. The second-order valence-electron chi connectivity index (χ2n) is 6.37. The Morgan fingerprint density at radius 1 is 1.17 bits per heavy atom. The van der Waals surface area contributed by atoms with E-state index in [1.54, 1.807) is 7.11 Å². The smallest absolute Gasteiger partial charge is 0.257 e. The highest BCUT2D eigenvalue weighted by molar-refractivity contribution is 5.86.